The highest BCUT2D eigenvalue weighted by Gasteiger charge is 2.53. The molecule has 0 bridgehead atoms. The summed E-state index contributed by atoms with van der Waals surface area (Å²) >= 11 is 0. The number of carbonyl (C=O) groups excluding carboxylic acids is 1. The minimum Gasteiger partial charge on any atom is -0.385 e. The highest BCUT2D eigenvalue weighted by Crippen LogP contribution is 2.33. The zero-order chi connectivity index (χ0) is 11.9. The predicted molar refractivity (Wildman–Crippen MR) is 62.0 cm³/mol. The number of terminal acetylenes is 1. The van der Waals surface area contributed by atoms with Crippen molar-refractivity contribution in [2.24, 2.45) is 10.7 Å². The van der Waals surface area contributed by atoms with E-state index in [9.17, 15) is 4.79 Å². The number of amides is 2. The van der Waals surface area contributed by atoms with Gasteiger partial charge in [-0.3, -0.25) is 4.90 Å². The fourth-order valence-corrected chi connectivity index (χ4v) is 2.56. The first kappa shape index (κ1) is 11.0. The number of urea groups is 1. The van der Waals surface area contributed by atoms with Crippen LogP contribution in [-0.4, -0.2) is 53.4 Å². The zero-order valence-corrected chi connectivity index (χ0v) is 9.60. The maximum Gasteiger partial charge on any atom is 0.347 e. The molecule has 2 aliphatic rings. The number of nitrogens with two attached hydrogens (primary N) is 1. The number of hydrogen-bond donors (Lipinski definition) is 1. The van der Waals surface area contributed by atoms with E-state index in [0.717, 1.165) is 13.0 Å². The van der Waals surface area contributed by atoms with Gasteiger partial charge in [0.05, 0.1) is 6.04 Å². The first-order valence-electron chi connectivity index (χ1n) is 5.34. The van der Waals surface area contributed by atoms with E-state index in [-0.39, 0.29) is 12.1 Å². The maximum atomic E-state index is 11.8. The Hall–Kier alpha value is -1.54. The lowest BCUT2D eigenvalue weighted by atomic mass is 9.94. The van der Waals surface area contributed by atoms with E-state index in [1.807, 2.05) is 14.0 Å². The molecule has 2 amide bonds. The number of hydrogen-bond acceptors (Lipinski definition) is 3. The molecule has 1 saturated heterocycles. The van der Waals surface area contributed by atoms with Crippen molar-refractivity contribution >= 4 is 11.9 Å². The summed E-state index contributed by atoms with van der Waals surface area (Å²) in [4.78, 5) is 19.4. The van der Waals surface area contributed by atoms with Crippen molar-refractivity contribution in [1.82, 2.24) is 9.80 Å². The van der Waals surface area contributed by atoms with Gasteiger partial charge in [-0.05, 0) is 20.4 Å². The molecule has 2 N–H and O–H groups in total. The van der Waals surface area contributed by atoms with Crippen molar-refractivity contribution in [3.05, 3.63) is 0 Å². The van der Waals surface area contributed by atoms with Gasteiger partial charge in [-0.1, -0.05) is 5.92 Å². The van der Waals surface area contributed by atoms with Gasteiger partial charge < -0.3 is 10.6 Å². The molecule has 0 aliphatic carbocycles. The average Bonchev–Trinajstić information content (AvgIpc) is 2.71. The fourth-order valence-electron chi connectivity index (χ4n) is 2.56. The third-order valence-electron chi connectivity index (χ3n) is 3.43. The van der Waals surface area contributed by atoms with Crippen LogP contribution in [0.5, 0.6) is 0 Å². The summed E-state index contributed by atoms with van der Waals surface area (Å²) < 4.78 is 0. The second-order valence-electron chi connectivity index (χ2n) is 4.51. The van der Waals surface area contributed by atoms with Gasteiger partial charge in [-0.15, -0.1) is 6.42 Å². The van der Waals surface area contributed by atoms with Gasteiger partial charge in [0, 0.05) is 13.1 Å². The van der Waals surface area contributed by atoms with Crippen molar-refractivity contribution < 1.29 is 4.79 Å². The third kappa shape index (κ3) is 1.30. The summed E-state index contributed by atoms with van der Waals surface area (Å²) in [6.07, 6.45) is 6.20. The zero-order valence-electron chi connectivity index (χ0n) is 9.60. The van der Waals surface area contributed by atoms with E-state index >= 15 is 0 Å². The molecular weight excluding hydrogens is 204 g/mol. The van der Waals surface area contributed by atoms with Crippen molar-refractivity contribution in [3.63, 3.8) is 0 Å². The number of rotatable bonds is 1. The summed E-state index contributed by atoms with van der Waals surface area (Å²) in [5, 5.41) is 0. The number of likely N-dealkylation sites (N-methyl/N-ethyl adjacent to an activating group) is 1. The molecule has 0 aromatic rings. The Morgan fingerprint density at radius 1 is 1.69 bits per heavy atom. The monoisotopic (exact) mass is 220 g/mol. The van der Waals surface area contributed by atoms with Gasteiger partial charge in [-0.2, -0.15) is 4.99 Å². The van der Waals surface area contributed by atoms with Gasteiger partial charge in [0.1, 0.15) is 11.4 Å². The van der Waals surface area contributed by atoms with Crippen LogP contribution in [0.25, 0.3) is 0 Å². The molecule has 86 valence electrons. The largest absolute Gasteiger partial charge is 0.385 e. The van der Waals surface area contributed by atoms with Crippen LogP contribution in [0.2, 0.25) is 0 Å². The van der Waals surface area contributed by atoms with E-state index in [1.165, 1.54) is 0 Å². The molecule has 0 saturated carbocycles. The highest BCUT2D eigenvalue weighted by atomic mass is 16.2. The minimum absolute atomic E-state index is 0.274. The quantitative estimate of drug-likeness (QED) is 0.626. The molecule has 1 fully saturated rings. The lowest BCUT2D eigenvalue weighted by Gasteiger charge is -2.36. The van der Waals surface area contributed by atoms with Gasteiger partial charge in [0.15, 0.2) is 0 Å². The SMILES string of the molecule is C#CC(C)N1C(=O)N=C(N)C12CCN(C)C2. The molecule has 0 aromatic heterocycles. The van der Waals surface area contributed by atoms with Crippen molar-refractivity contribution in [2.75, 3.05) is 20.1 Å². The van der Waals surface area contributed by atoms with Crippen molar-refractivity contribution in [2.45, 2.75) is 24.9 Å². The van der Waals surface area contributed by atoms with Crippen LogP contribution in [0.3, 0.4) is 0 Å². The van der Waals surface area contributed by atoms with E-state index < -0.39 is 5.54 Å². The Morgan fingerprint density at radius 2 is 2.38 bits per heavy atom. The lowest BCUT2D eigenvalue weighted by Crippen LogP contribution is -2.58. The highest BCUT2D eigenvalue weighted by molar-refractivity contribution is 6.06. The standard InChI is InChI=1S/C11H16N4O/c1-4-8(2)15-10(16)13-9(12)11(15)5-6-14(3)7-11/h1,8H,5-7H2,2-3H3,(H2,12,13,16). The summed E-state index contributed by atoms with van der Waals surface area (Å²) in [6.45, 7) is 3.43. The summed E-state index contributed by atoms with van der Waals surface area (Å²) in [7, 11) is 2.00. The molecule has 2 aliphatic heterocycles. The third-order valence-corrected chi connectivity index (χ3v) is 3.43. The molecular formula is C11H16N4O. The molecule has 0 radical (unpaired) electrons. The number of likely N-dealkylation sites (tertiary alicyclic amines) is 1. The molecule has 2 atom stereocenters. The first-order valence-corrected chi connectivity index (χ1v) is 5.34. The number of aliphatic imine (C=N–C) groups is 1. The minimum atomic E-state index is -0.475. The van der Waals surface area contributed by atoms with Gasteiger partial charge in [0.2, 0.25) is 0 Å². The second kappa shape index (κ2) is 3.49. The molecule has 1 spiro atoms. The number of nitrogens with zero attached hydrogens (tertiary/aromatic N) is 3. The Bertz CT molecular complexity index is 397. The van der Waals surface area contributed by atoms with Crippen molar-refractivity contribution in [3.8, 4) is 12.3 Å². The van der Waals surface area contributed by atoms with Gasteiger partial charge in [0.25, 0.3) is 0 Å². The average molecular weight is 220 g/mol. The normalized spacial score (nSPS) is 31.9. The van der Waals surface area contributed by atoms with E-state index in [4.69, 9.17) is 12.2 Å². The predicted octanol–water partition coefficient (Wildman–Crippen LogP) is -0.125. The molecule has 5 heteroatoms. The lowest BCUT2D eigenvalue weighted by molar-refractivity contribution is 0.161. The molecule has 5 nitrogen and oxygen atoms in total. The van der Waals surface area contributed by atoms with Crippen LogP contribution in [-0.2, 0) is 0 Å². The van der Waals surface area contributed by atoms with E-state index in [1.54, 1.807) is 4.90 Å². The van der Waals surface area contributed by atoms with Crippen LogP contribution in [0.1, 0.15) is 13.3 Å². The van der Waals surface area contributed by atoms with E-state index in [0.29, 0.717) is 12.4 Å². The molecule has 2 rings (SSSR count). The first-order chi connectivity index (χ1) is 7.51. The van der Waals surface area contributed by atoms with Crippen LogP contribution in [0.15, 0.2) is 4.99 Å². The number of carbonyl (C=O) groups is 1. The fraction of sp³-hybridized carbons (Fsp3) is 0.636. The molecule has 2 unspecified atom stereocenters. The smallest absolute Gasteiger partial charge is 0.347 e. The van der Waals surface area contributed by atoms with Gasteiger partial charge >= 0.3 is 6.03 Å². The van der Waals surface area contributed by atoms with Crippen molar-refractivity contribution in [1.29, 1.82) is 0 Å². The maximum absolute atomic E-state index is 11.8. The summed E-state index contributed by atoms with van der Waals surface area (Å²) in [5.41, 5.74) is 5.43. The topological polar surface area (TPSA) is 61.9 Å². The summed E-state index contributed by atoms with van der Waals surface area (Å²) in [6, 6.07) is -0.581. The Balaban J connectivity index is 2.38. The second-order valence-corrected chi connectivity index (χ2v) is 4.51. The molecule has 16 heavy (non-hydrogen) atoms. The Labute approximate surface area is 95.3 Å². The van der Waals surface area contributed by atoms with Crippen LogP contribution >= 0.6 is 0 Å². The van der Waals surface area contributed by atoms with E-state index in [2.05, 4.69) is 15.8 Å². The Morgan fingerprint density at radius 3 is 2.88 bits per heavy atom. The van der Waals surface area contributed by atoms with Crippen LogP contribution in [0, 0.1) is 12.3 Å². The Kier molecular flexibility index (Phi) is 2.39. The summed E-state index contributed by atoms with van der Waals surface area (Å²) in [5.74, 6) is 2.99. The van der Waals surface area contributed by atoms with Crippen LogP contribution < -0.4 is 5.73 Å². The molecule has 0 aromatic carbocycles. The van der Waals surface area contributed by atoms with Gasteiger partial charge in [-0.25, -0.2) is 4.79 Å². The van der Waals surface area contributed by atoms with Crippen LogP contribution in [0.4, 0.5) is 4.79 Å². The number of amidine groups is 1. The molecule has 2 heterocycles.